The van der Waals surface area contributed by atoms with Crippen molar-refractivity contribution in [2.45, 2.75) is 38.5 Å². The van der Waals surface area contributed by atoms with Gasteiger partial charge in [0.05, 0.1) is 17.5 Å². The third-order valence-corrected chi connectivity index (χ3v) is 5.57. The summed E-state index contributed by atoms with van der Waals surface area (Å²) in [6.07, 6.45) is 1.03. The van der Waals surface area contributed by atoms with Gasteiger partial charge in [0, 0.05) is 12.3 Å². The van der Waals surface area contributed by atoms with Crippen molar-refractivity contribution >= 4 is 33.7 Å². The smallest absolute Gasteiger partial charge is 0.325 e. The van der Waals surface area contributed by atoms with E-state index in [0.717, 1.165) is 17.4 Å². The van der Waals surface area contributed by atoms with Gasteiger partial charge in [-0.05, 0) is 46.2 Å². The van der Waals surface area contributed by atoms with Crippen molar-refractivity contribution < 1.29 is 13.2 Å². The van der Waals surface area contributed by atoms with E-state index in [9.17, 15) is 18.5 Å². The predicted octanol–water partition coefficient (Wildman–Crippen LogP) is 3.87. The molecule has 0 bridgehead atoms. The molecule has 0 heterocycles. The van der Waals surface area contributed by atoms with Crippen molar-refractivity contribution in [2.24, 2.45) is 0 Å². The molecule has 3 N–H and O–H groups in total. The number of anilines is 1. The molecule has 0 unspecified atom stereocenters. The van der Waals surface area contributed by atoms with Crippen LogP contribution in [0, 0.1) is 11.3 Å². The fourth-order valence-electron chi connectivity index (χ4n) is 2.59. The van der Waals surface area contributed by atoms with Gasteiger partial charge in [-0.2, -0.15) is 5.26 Å². The Morgan fingerprint density at radius 2 is 1.73 bits per heavy atom. The van der Waals surface area contributed by atoms with Gasteiger partial charge in [-0.15, -0.1) is 0 Å². The van der Waals surface area contributed by atoms with E-state index < -0.39 is 10.0 Å². The van der Waals surface area contributed by atoms with Crippen molar-refractivity contribution in [3.63, 3.8) is 0 Å². The van der Waals surface area contributed by atoms with Gasteiger partial charge in [-0.3, -0.25) is 9.44 Å². The second-order valence-corrected chi connectivity index (χ2v) is 10.4. The number of nitrogens with one attached hydrogen (secondary N) is 3. The lowest BCUT2D eigenvalue weighted by atomic mass is 9.87. The van der Waals surface area contributed by atoms with E-state index in [4.69, 9.17) is 0 Å². The number of nitriles is 1. The fraction of sp³-hybridized carbons (Fsp3) is 0.333. The summed E-state index contributed by atoms with van der Waals surface area (Å²) >= 11 is 1.18. The number of rotatable bonds is 7. The Bertz CT molecular complexity index is 1040. The number of sulfonamides is 1. The highest BCUT2D eigenvalue weighted by Gasteiger charge is 2.13. The SMILES string of the molecule is CC(C)(C)c1ccc(CNC(=O)NSCc2ccc(NS(C)(=O)=O)c(C#N)c2)cc1. The van der Waals surface area contributed by atoms with Gasteiger partial charge < -0.3 is 5.32 Å². The van der Waals surface area contributed by atoms with Crippen molar-refractivity contribution in [3.05, 3.63) is 64.7 Å². The zero-order valence-corrected chi connectivity index (χ0v) is 19.1. The topological polar surface area (TPSA) is 111 Å². The summed E-state index contributed by atoms with van der Waals surface area (Å²) in [4.78, 5) is 12.0. The highest BCUT2D eigenvalue weighted by Crippen LogP contribution is 2.22. The minimum atomic E-state index is -3.46. The normalized spacial score (nSPS) is 11.4. The molecule has 0 aliphatic heterocycles. The standard InChI is InChI=1S/C21H26N4O3S2/c1-21(2,3)18-8-5-15(6-9-18)13-23-20(26)24-29-14-16-7-10-19(17(11-16)12-22)25-30(4,27)28/h5-11,25H,13-14H2,1-4H3,(H2,23,24,26). The number of carbonyl (C=O) groups is 1. The Morgan fingerprint density at radius 3 is 2.30 bits per heavy atom. The summed E-state index contributed by atoms with van der Waals surface area (Å²) in [7, 11) is -3.46. The van der Waals surface area contributed by atoms with Crippen LogP contribution in [0.5, 0.6) is 0 Å². The Kier molecular flexibility index (Phi) is 7.76. The zero-order chi connectivity index (χ0) is 22.4. The molecule has 2 amide bonds. The molecule has 0 atom stereocenters. The summed E-state index contributed by atoms with van der Waals surface area (Å²) in [5.74, 6) is 0.432. The number of hydrogen-bond donors (Lipinski definition) is 3. The molecule has 7 nitrogen and oxygen atoms in total. The lowest BCUT2D eigenvalue weighted by molar-refractivity contribution is 0.246. The molecule has 0 spiro atoms. The number of amides is 2. The van der Waals surface area contributed by atoms with Crippen molar-refractivity contribution in [2.75, 3.05) is 11.0 Å². The second-order valence-electron chi connectivity index (χ2n) is 7.89. The number of carbonyl (C=O) groups excluding carboxylic acids is 1. The summed E-state index contributed by atoms with van der Waals surface area (Å²) < 4.78 is 27.7. The van der Waals surface area contributed by atoms with Crippen LogP contribution in [0.15, 0.2) is 42.5 Å². The Hall–Kier alpha value is -2.70. The lowest BCUT2D eigenvalue weighted by Crippen LogP contribution is -2.30. The first-order valence-electron chi connectivity index (χ1n) is 9.24. The average Bonchev–Trinajstić information content (AvgIpc) is 2.66. The molecule has 2 rings (SSSR count). The van der Waals surface area contributed by atoms with E-state index in [0.29, 0.717) is 12.3 Å². The number of urea groups is 1. The van der Waals surface area contributed by atoms with Crippen LogP contribution >= 0.6 is 11.9 Å². The van der Waals surface area contributed by atoms with Gasteiger partial charge in [0.1, 0.15) is 6.07 Å². The molecule has 0 saturated heterocycles. The maximum Gasteiger partial charge on any atom is 0.325 e. The number of benzene rings is 2. The highest BCUT2D eigenvalue weighted by molar-refractivity contribution is 7.97. The van der Waals surface area contributed by atoms with E-state index in [-0.39, 0.29) is 22.7 Å². The molecule has 160 valence electrons. The third kappa shape index (κ3) is 7.61. The minimum absolute atomic E-state index is 0.0877. The van der Waals surface area contributed by atoms with Gasteiger partial charge in [0.15, 0.2) is 0 Å². The molecule has 2 aromatic carbocycles. The van der Waals surface area contributed by atoms with E-state index in [2.05, 4.69) is 47.7 Å². The number of hydrogen-bond acceptors (Lipinski definition) is 5. The highest BCUT2D eigenvalue weighted by atomic mass is 32.2. The van der Waals surface area contributed by atoms with E-state index in [1.807, 2.05) is 18.2 Å². The van der Waals surface area contributed by atoms with E-state index >= 15 is 0 Å². The van der Waals surface area contributed by atoms with Crippen LogP contribution in [0.2, 0.25) is 0 Å². The Labute approximate surface area is 182 Å². The van der Waals surface area contributed by atoms with Gasteiger partial charge in [0.2, 0.25) is 10.0 Å². The van der Waals surface area contributed by atoms with Crippen LogP contribution in [0.4, 0.5) is 10.5 Å². The average molecular weight is 447 g/mol. The van der Waals surface area contributed by atoms with Crippen LogP contribution in [-0.2, 0) is 27.7 Å². The maximum atomic E-state index is 12.0. The quantitative estimate of drug-likeness (QED) is 0.559. The van der Waals surface area contributed by atoms with Gasteiger partial charge in [-0.1, -0.05) is 51.1 Å². The van der Waals surface area contributed by atoms with Crippen molar-refractivity contribution in [1.82, 2.24) is 10.0 Å². The zero-order valence-electron chi connectivity index (χ0n) is 17.4. The van der Waals surface area contributed by atoms with Crippen LogP contribution in [0.25, 0.3) is 0 Å². The number of nitrogens with zero attached hydrogens (tertiary/aromatic N) is 1. The maximum absolute atomic E-state index is 12.0. The summed E-state index contributed by atoms with van der Waals surface area (Å²) in [6.45, 7) is 6.88. The second kappa shape index (κ2) is 9.87. The first-order chi connectivity index (χ1) is 14.0. The van der Waals surface area contributed by atoms with Crippen molar-refractivity contribution in [3.8, 4) is 6.07 Å². The van der Waals surface area contributed by atoms with Crippen LogP contribution < -0.4 is 14.8 Å². The molecule has 0 aliphatic rings. The first-order valence-corrected chi connectivity index (χ1v) is 12.1. The molecule has 9 heteroatoms. The summed E-state index contributed by atoms with van der Waals surface area (Å²) in [6, 6.07) is 14.6. The summed E-state index contributed by atoms with van der Waals surface area (Å²) in [5.41, 5.74) is 3.58. The molecule has 0 fully saturated rings. The first kappa shape index (κ1) is 23.6. The molecule has 0 saturated carbocycles. The Balaban J connectivity index is 1.82. The van der Waals surface area contributed by atoms with E-state index in [1.165, 1.54) is 23.6 Å². The van der Waals surface area contributed by atoms with Crippen LogP contribution in [-0.4, -0.2) is 20.7 Å². The summed E-state index contributed by atoms with van der Waals surface area (Å²) in [5, 5.41) is 12.0. The Morgan fingerprint density at radius 1 is 1.10 bits per heavy atom. The minimum Gasteiger partial charge on any atom is -0.333 e. The molecule has 0 radical (unpaired) electrons. The fourth-order valence-corrected chi connectivity index (χ4v) is 3.79. The molecule has 0 aromatic heterocycles. The molecule has 0 aliphatic carbocycles. The lowest BCUT2D eigenvalue weighted by Gasteiger charge is -2.19. The van der Waals surface area contributed by atoms with Crippen molar-refractivity contribution in [1.29, 1.82) is 5.26 Å². The van der Waals surface area contributed by atoms with E-state index in [1.54, 1.807) is 12.1 Å². The molecule has 30 heavy (non-hydrogen) atoms. The predicted molar refractivity (Wildman–Crippen MR) is 121 cm³/mol. The van der Waals surface area contributed by atoms with Crippen LogP contribution in [0.1, 0.15) is 43.0 Å². The largest absolute Gasteiger partial charge is 0.333 e. The van der Waals surface area contributed by atoms with Crippen LogP contribution in [0.3, 0.4) is 0 Å². The van der Waals surface area contributed by atoms with Gasteiger partial charge >= 0.3 is 6.03 Å². The van der Waals surface area contributed by atoms with Gasteiger partial charge in [-0.25, -0.2) is 13.2 Å². The molecular formula is C21H26N4O3S2. The monoisotopic (exact) mass is 446 g/mol. The molecule has 2 aromatic rings. The third-order valence-electron chi connectivity index (χ3n) is 4.18. The van der Waals surface area contributed by atoms with Gasteiger partial charge in [0.25, 0.3) is 0 Å². The molecular weight excluding hydrogens is 420 g/mol.